The molecule has 0 aliphatic heterocycles. The first-order valence-corrected chi connectivity index (χ1v) is 7.80. The summed E-state index contributed by atoms with van der Waals surface area (Å²) >= 11 is 0. The second-order valence-corrected chi connectivity index (χ2v) is 5.56. The standard InChI is InChI=1S/C18H23NO2/c20-13-7-9-15-8-6-10-16(14-15)18(21)19-17-11-4-2-1-3-5-12-17/h6,8,10,14,17,20H,1-5,11-13H2,(H,19,21). The third-order valence-electron chi connectivity index (χ3n) is 3.88. The van der Waals surface area contributed by atoms with Crippen molar-refractivity contribution in [3.05, 3.63) is 35.4 Å². The highest BCUT2D eigenvalue weighted by Gasteiger charge is 2.15. The van der Waals surface area contributed by atoms with Gasteiger partial charge in [0.15, 0.2) is 0 Å². The van der Waals surface area contributed by atoms with Gasteiger partial charge in [0.25, 0.3) is 5.91 Å². The second-order valence-electron chi connectivity index (χ2n) is 5.56. The summed E-state index contributed by atoms with van der Waals surface area (Å²) in [4.78, 5) is 12.3. The molecule has 21 heavy (non-hydrogen) atoms. The zero-order valence-electron chi connectivity index (χ0n) is 12.4. The number of amides is 1. The van der Waals surface area contributed by atoms with Crippen molar-refractivity contribution in [2.75, 3.05) is 6.61 Å². The fourth-order valence-corrected chi connectivity index (χ4v) is 2.75. The van der Waals surface area contributed by atoms with Gasteiger partial charge in [-0.1, -0.05) is 50.0 Å². The van der Waals surface area contributed by atoms with E-state index in [0.717, 1.165) is 18.4 Å². The van der Waals surface area contributed by atoms with E-state index < -0.39 is 0 Å². The Hall–Kier alpha value is -1.79. The molecule has 3 heteroatoms. The van der Waals surface area contributed by atoms with Gasteiger partial charge in [0, 0.05) is 17.2 Å². The lowest BCUT2D eigenvalue weighted by Gasteiger charge is -2.21. The molecule has 0 heterocycles. The van der Waals surface area contributed by atoms with Crippen LogP contribution in [0.15, 0.2) is 24.3 Å². The summed E-state index contributed by atoms with van der Waals surface area (Å²) in [6.07, 6.45) is 8.44. The molecule has 1 amide bonds. The van der Waals surface area contributed by atoms with Crippen molar-refractivity contribution in [3.8, 4) is 11.8 Å². The van der Waals surface area contributed by atoms with Crippen LogP contribution >= 0.6 is 0 Å². The van der Waals surface area contributed by atoms with Crippen LogP contribution in [-0.4, -0.2) is 23.7 Å². The lowest BCUT2D eigenvalue weighted by Crippen LogP contribution is -2.35. The molecule has 1 saturated carbocycles. The molecule has 0 unspecified atom stereocenters. The molecule has 1 aromatic rings. The largest absolute Gasteiger partial charge is 0.384 e. The molecule has 1 fully saturated rings. The van der Waals surface area contributed by atoms with E-state index in [1.807, 2.05) is 18.2 Å². The summed E-state index contributed by atoms with van der Waals surface area (Å²) in [5.74, 6) is 5.41. The molecule has 0 saturated heterocycles. The first kappa shape index (κ1) is 15.6. The van der Waals surface area contributed by atoms with Crippen molar-refractivity contribution in [1.29, 1.82) is 0 Å². The Morgan fingerprint density at radius 3 is 2.62 bits per heavy atom. The van der Waals surface area contributed by atoms with Crippen molar-refractivity contribution < 1.29 is 9.90 Å². The quantitative estimate of drug-likeness (QED) is 0.821. The number of nitrogens with one attached hydrogen (secondary N) is 1. The predicted octanol–water partition coefficient (Wildman–Crippen LogP) is 2.87. The van der Waals surface area contributed by atoms with Crippen LogP contribution in [0.5, 0.6) is 0 Å². The van der Waals surface area contributed by atoms with Crippen LogP contribution in [-0.2, 0) is 0 Å². The Balaban J connectivity index is 1.98. The van der Waals surface area contributed by atoms with Crippen LogP contribution in [0.1, 0.15) is 60.9 Å². The molecule has 0 aromatic heterocycles. The van der Waals surface area contributed by atoms with Gasteiger partial charge in [-0.2, -0.15) is 0 Å². The van der Waals surface area contributed by atoms with Gasteiger partial charge in [-0.15, -0.1) is 0 Å². The number of aliphatic hydroxyl groups is 1. The van der Waals surface area contributed by atoms with Crippen molar-refractivity contribution in [3.63, 3.8) is 0 Å². The minimum atomic E-state index is -0.168. The SMILES string of the molecule is O=C(NC1CCCCCCC1)c1cccc(C#CCO)c1. The van der Waals surface area contributed by atoms with Gasteiger partial charge in [0.05, 0.1) is 0 Å². The molecule has 1 aromatic carbocycles. The monoisotopic (exact) mass is 285 g/mol. The maximum absolute atomic E-state index is 12.3. The minimum absolute atomic E-state index is 0.0202. The molecule has 2 N–H and O–H groups in total. The van der Waals surface area contributed by atoms with Gasteiger partial charge < -0.3 is 10.4 Å². The van der Waals surface area contributed by atoms with E-state index in [0.29, 0.717) is 11.6 Å². The second kappa shape index (κ2) is 8.49. The summed E-state index contributed by atoms with van der Waals surface area (Å²) in [7, 11) is 0. The lowest BCUT2D eigenvalue weighted by molar-refractivity contribution is 0.0930. The van der Waals surface area contributed by atoms with Crippen molar-refractivity contribution >= 4 is 5.91 Å². The number of carbonyl (C=O) groups is 1. The summed E-state index contributed by atoms with van der Waals surface area (Å²) < 4.78 is 0. The maximum atomic E-state index is 12.3. The number of hydrogen-bond donors (Lipinski definition) is 2. The predicted molar refractivity (Wildman–Crippen MR) is 84.0 cm³/mol. The van der Waals surface area contributed by atoms with Gasteiger partial charge in [-0.3, -0.25) is 4.79 Å². The van der Waals surface area contributed by atoms with Crippen LogP contribution in [0.3, 0.4) is 0 Å². The smallest absolute Gasteiger partial charge is 0.251 e. The van der Waals surface area contributed by atoms with Crippen LogP contribution in [0.4, 0.5) is 0 Å². The molecule has 1 aliphatic rings. The summed E-state index contributed by atoms with van der Waals surface area (Å²) in [5, 5.41) is 11.9. The van der Waals surface area contributed by atoms with E-state index >= 15 is 0 Å². The van der Waals surface area contributed by atoms with Crippen molar-refractivity contribution in [1.82, 2.24) is 5.32 Å². The van der Waals surface area contributed by atoms with Crippen molar-refractivity contribution in [2.45, 2.75) is 51.0 Å². The third-order valence-corrected chi connectivity index (χ3v) is 3.88. The Morgan fingerprint density at radius 2 is 1.90 bits per heavy atom. The topological polar surface area (TPSA) is 49.3 Å². The van der Waals surface area contributed by atoms with Crippen LogP contribution in [0.2, 0.25) is 0 Å². The first-order valence-electron chi connectivity index (χ1n) is 7.80. The van der Waals surface area contributed by atoms with E-state index in [9.17, 15) is 4.79 Å². The fourth-order valence-electron chi connectivity index (χ4n) is 2.75. The molecular weight excluding hydrogens is 262 g/mol. The Morgan fingerprint density at radius 1 is 1.19 bits per heavy atom. The van der Waals surface area contributed by atoms with E-state index in [2.05, 4.69) is 17.2 Å². The van der Waals surface area contributed by atoms with Crippen LogP contribution < -0.4 is 5.32 Å². The molecule has 0 bridgehead atoms. The van der Waals surface area contributed by atoms with E-state index in [4.69, 9.17) is 5.11 Å². The number of carbonyl (C=O) groups excluding carboxylic acids is 1. The number of benzene rings is 1. The van der Waals surface area contributed by atoms with Gasteiger partial charge in [0.2, 0.25) is 0 Å². The molecule has 3 nitrogen and oxygen atoms in total. The average molecular weight is 285 g/mol. The maximum Gasteiger partial charge on any atom is 0.251 e. The molecule has 0 atom stereocenters. The minimum Gasteiger partial charge on any atom is -0.384 e. The zero-order chi connectivity index (χ0) is 14.9. The lowest BCUT2D eigenvalue weighted by atomic mass is 9.96. The molecule has 0 spiro atoms. The highest BCUT2D eigenvalue weighted by Crippen LogP contribution is 2.17. The van der Waals surface area contributed by atoms with E-state index in [-0.39, 0.29) is 12.5 Å². The molecule has 0 radical (unpaired) electrons. The number of aliphatic hydroxyl groups excluding tert-OH is 1. The van der Waals surface area contributed by atoms with E-state index in [1.54, 1.807) is 6.07 Å². The Bertz CT molecular complexity index is 520. The van der Waals surface area contributed by atoms with Gasteiger partial charge in [-0.25, -0.2) is 0 Å². The summed E-state index contributed by atoms with van der Waals surface area (Å²) in [5.41, 5.74) is 1.40. The fraction of sp³-hybridized carbons (Fsp3) is 0.500. The summed E-state index contributed by atoms with van der Waals surface area (Å²) in [6.45, 7) is -0.168. The zero-order valence-corrected chi connectivity index (χ0v) is 12.4. The Labute approximate surface area is 126 Å². The normalized spacial score (nSPS) is 16.2. The third kappa shape index (κ3) is 5.24. The van der Waals surface area contributed by atoms with Crippen LogP contribution in [0, 0.1) is 11.8 Å². The highest BCUT2D eigenvalue weighted by molar-refractivity contribution is 5.94. The molecule has 2 rings (SSSR count). The Kier molecular flexibility index (Phi) is 6.30. The van der Waals surface area contributed by atoms with E-state index in [1.165, 1.54) is 32.1 Å². The summed E-state index contributed by atoms with van der Waals surface area (Å²) in [6, 6.07) is 7.55. The first-order chi connectivity index (χ1) is 10.3. The van der Waals surface area contributed by atoms with Gasteiger partial charge in [-0.05, 0) is 31.0 Å². The molecular formula is C18H23NO2. The van der Waals surface area contributed by atoms with Crippen molar-refractivity contribution in [2.24, 2.45) is 0 Å². The number of rotatable bonds is 2. The average Bonchev–Trinajstić information content (AvgIpc) is 2.48. The molecule has 1 aliphatic carbocycles. The number of hydrogen-bond acceptors (Lipinski definition) is 2. The van der Waals surface area contributed by atoms with Gasteiger partial charge in [0.1, 0.15) is 6.61 Å². The molecule has 112 valence electrons. The highest BCUT2D eigenvalue weighted by atomic mass is 16.2. The van der Waals surface area contributed by atoms with Crippen LogP contribution in [0.25, 0.3) is 0 Å². The van der Waals surface area contributed by atoms with Gasteiger partial charge >= 0.3 is 0 Å².